The zero-order chi connectivity index (χ0) is 12.0. The maximum atomic E-state index is 9.13. The van der Waals surface area contributed by atoms with E-state index >= 15 is 0 Å². The molecule has 1 aliphatic heterocycles. The average molecular weight is 234 g/mol. The first-order valence-corrected chi connectivity index (χ1v) is 5.75. The first-order valence-electron chi connectivity index (χ1n) is 5.75. The third-order valence-corrected chi connectivity index (χ3v) is 2.38. The first-order chi connectivity index (χ1) is 7.61. The molecule has 5 nitrogen and oxygen atoms in total. The van der Waals surface area contributed by atoms with E-state index in [-0.39, 0.29) is 31.5 Å². The van der Waals surface area contributed by atoms with Crippen LogP contribution in [0.1, 0.15) is 20.3 Å². The minimum absolute atomic E-state index is 0.0325. The zero-order valence-corrected chi connectivity index (χ0v) is 9.96. The van der Waals surface area contributed by atoms with Crippen molar-refractivity contribution in [2.45, 2.75) is 44.7 Å². The summed E-state index contributed by atoms with van der Waals surface area (Å²) in [4.78, 5) is 0. The van der Waals surface area contributed by atoms with Crippen molar-refractivity contribution in [3.05, 3.63) is 0 Å². The molecule has 0 aliphatic carbocycles. The fourth-order valence-corrected chi connectivity index (χ4v) is 1.66. The minimum atomic E-state index is -0.517. The quantitative estimate of drug-likeness (QED) is 0.674. The van der Waals surface area contributed by atoms with Crippen molar-refractivity contribution in [2.75, 3.05) is 26.4 Å². The summed E-state index contributed by atoms with van der Waals surface area (Å²) >= 11 is 0. The SMILES string of the molecule is CC(O)COC(CO)CC1COCC(C)O1. The van der Waals surface area contributed by atoms with Crippen LogP contribution in [0.15, 0.2) is 0 Å². The van der Waals surface area contributed by atoms with E-state index in [9.17, 15) is 0 Å². The lowest BCUT2D eigenvalue weighted by Crippen LogP contribution is -2.38. The van der Waals surface area contributed by atoms with Gasteiger partial charge in [0, 0.05) is 6.42 Å². The van der Waals surface area contributed by atoms with E-state index in [4.69, 9.17) is 24.4 Å². The smallest absolute Gasteiger partial charge is 0.0838 e. The van der Waals surface area contributed by atoms with Gasteiger partial charge in [0.05, 0.1) is 50.8 Å². The monoisotopic (exact) mass is 234 g/mol. The fraction of sp³-hybridized carbons (Fsp3) is 1.00. The summed E-state index contributed by atoms with van der Waals surface area (Å²) in [6, 6.07) is 0. The van der Waals surface area contributed by atoms with Gasteiger partial charge in [-0.1, -0.05) is 0 Å². The Labute approximate surface area is 96.3 Å². The molecule has 5 heteroatoms. The maximum absolute atomic E-state index is 9.13. The molecule has 0 amide bonds. The van der Waals surface area contributed by atoms with Gasteiger partial charge in [-0.25, -0.2) is 0 Å². The molecule has 4 atom stereocenters. The Kier molecular flexibility index (Phi) is 6.23. The standard InChI is InChI=1S/C11H22O5/c1-8(13)5-15-10(4-12)3-11-7-14-6-9(2)16-11/h8-13H,3-7H2,1-2H3. The van der Waals surface area contributed by atoms with Crippen LogP contribution in [0.4, 0.5) is 0 Å². The third-order valence-electron chi connectivity index (χ3n) is 2.38. The Morgan fingerprint density at radius 3 is 2.75 bits per heavy atom. The van der Waals surface area contributed by atoms with Crippen molar-refractivity contribution < 1.29 is 24.4 Å². The zero-order valence-electron chi connectivity index (χ0n) is 9.96. The normalized spacial score (nSPS) is 30.0. The summed E-state index contributed by atoms with van der Waals surface area (Å²) < 4.78 is 16.4. The van der Waals surface area contributed by atoms with Crippen molar-refractivity contribution >= 4 is 0 Å². The van der Waals surface area contributed by atoms with Gasteiger partial charge in [0.2, 0.25) is 0 Å². The molecule has 0 spiro atoms. The van der Waals surface area contributed by atoms with Gasteiger partial charge < -0.3 is 24.4 Å². The highest BCUT2D eigenvalue weighted by atomic mass is 16.6. The van der Waals surface area contributed by atoms with Crippen LogP contribution < -0.4 is 0 Å². The van der Waals surface area contributed by atoms with Crippen molar-refractivity contribution in [1.29, 1.82) is 0 Å². The Morgan fingerprint density at radius 2 is 2.19 bits per heavy atom. The van der Waals surface area contributed by atoms with E-state index in [1.54, 1.807) is 6.92 Å². The van der Waals surface area contributed by atoms with Crippen LogP contribution in [-0.2, 0) is 14.2 Å². The molecule has 2 N–H and O–H groups in total. The number of aliphatic hydroxyl groups is 2. The van der Waals surface area contributed by atoms with E-state index in [0.717, 1.165) is 0 Å². The average Bonchev–Trinajstić information content (AvgIpc) is 2.24. The number of rotatable bonds is 6. The van der Waals surface area contributed by atoms with E-state index < -0.39 is 6.10 Å². The van der Waals surface area contributed by atoms with Crippen LogP contribution in [0.3, 0.4) is 0 Å². The van der Waals surface area contributed by atoms with Gasteiger partial charge in [-0.15, -0.1) is 0 Å². The Hall–Kier alpha value is -0.200. The van der Waals surface area contributed by atoms with E-state index in [1.165, 1.54) is 0 Å². The molecule has 1 fully saturated rings. The molecule has 0 aromatic carbocycles. The van der Waals surface area contributed by atoms with Crippen molar-refractivity contribution in [2.24, 2.45) is 0 Å². The lowest BCUT2D eigenvalue weighted by atomic mass is 10.1. The molecule has 1 saturated heterocycles. The largest absolute Gasteiger partial charge is 0.394 e. The maximum Gasteiger partial charge on any atom is 0.0838 e. The van der Waals surface area contributed by atoms with Gasteiger partial charge in [0.1, 0.15) is 0 Å². The van der Waals surface area contributed by atoms with Crippen LogP contribution in [0, 0.1) is 0 Å². The van der Waals surface area contributed by atoms with E-state index in [1.807, 2.05) is 6.92 Å². The second-order valence-electron chi connectivity index (χ2n) is 4.33. The number of hydrogen-bond acceptors (Lipinski definition) is 5. The molecule has 0 radical (unpaired) electrons. The molecule has 4 unspecified atom stereocenters. The number of hydrogen-bond donors (Lipinski definition) is 2. The predicted molar refractivity (Wildman–Crippen MR) is 58.3 cm³/mol. The molecule has 1 aliphatic rings. The molecule has 0 bridgehead atoms. The van der Waals surface area contributed by atoms with Crippen molar-refractivity contribution in [3.8, 4) is 0 Å². The Balaban J connectivity index is 2.25. The molecular weight excluding hydrogens is 212 g/mol. The van der Waals surface area contributed by atoms with Gasteiger partial charge in [0.15, 0.2) is 0 Å². The second kappa shape index (κ2) is 7.19. The second-order valence-corrected chi connectivity index (χ2v) is 4.33. The lowest BCUT2D eigenvalue weighted by Gasteiger charge is -2.30. The molecular formula is C11H22O5. The van der Waals surface area contributed by atoms with Gasteiger partial charge >= 0.3 is 0 Å². The Bertz CT molecular complexity index is 185. The highest BCUT2D eigenvalue weighted by molar-refractivity contribution is 4.70. The molecule has 0 aromatic heterocycles. The first kappa shape index (κ1) is 13.9. The number of aliphatic hydroxyl groups excluding tert-OH is 2. The van der Waals surface area contributed by atoms with Crippen LogP contribution in [0.25, 0.3) is 0 Å². The molecule has 16 heavy (non-hydrogen) atoms. The molecule has 0 saturated carbocycles. The topological polar surface area (TPSA) is 68.2 Å². The minimum Gasteiger partial charge on any atom is -0.394 e. The van der Waals surface area contributed by atoms with Crippen LogP contribution in [0.5, 0.6) is 0 Å². The predicted octanol–water partition coefficient (Wildman–Crippen LogP) is -0.0613. The van der Waals surface area contributed by atoms with E-state index in [0.29, 0.717) is 19.6 Å². The summed E-state index contributed by atoms with van der Waals surface area (Å²) in [6.45, 7) is 4.93. The molecule has 1 heterocycles. The summed E-state index contributed by atoms with van der Waals surface area (Å²) in [5.74, 6) is 0. The van der Waals surface area contributed by atoms with Crippen LogP contribution >= 0.6 is 0 Å². The van der Waals surface area contributed by atoms with Gasteiger partial charge in [0.25, 0.3) is 0 Å². The fourth-order valence-electron chi connectivity index (χ4n) is 1.66. The van der Waals surface area contributed by atoms with Gasteiger partial charge in [-0.3, -0.25) is 0 Å². The van der Waals surface area contributed by atoms with Crippen molar-refractivity contribution in [1.82, 2.24) is 0 Å². The summed E-state index contributed by atoms with van der Waals surface area (Å²) in [5, 5.41) is 18.2. The highest BCUT2D eigenvalue weighted by Crippen LogP contribution is 2.14. The van der Waals surface area contributed by atoms with Crippen LogP contribution in [-0.4, -0.2) is 61.1 Å². The summed E-state index contributed by atoms with van der Waals surface area (Å²) in [6.07, 6.45) is -0.164. The van der Waals surface area contributed by atoms with Gasteiger partial charge in [-0.05, 0) is 13.8 Å². The lowest BCUT2D eigenvalue weighted by molar-refractivity contribution is -0.149. The summed E-state index contributed by atoms with van der Waals surface area (Å²) in [7, 11) is 0. The van der Waals surface area contributed by atoms with E-state index in [2.05, 4.69) is 0 Å². The third kappa shape index (κ3) is 5.23. The molecule has 0 aromatic rings. The van der Waals surface area contributed by atoms with Crippen molar-refractivity contribution in [3.63, 3.8) is 0 Å². The summed E-state index contributed by atoms with van der Waals surface area (Å²) in [5.41, 5.74) is 0. The van der Waals surface area contributed by atoms with Crippen LogP contribution in [0.2, 0.25) is 0 Å². The Morgan fingerprint density at radius 1 is 1.44 bits per heavy atom. The molecule has 96 valence electrons. The molecule has 1 rings (SSSR count). The number of ether oxygens (including phenoxy) is 3. The van der Waals surface area contributed by atoms with Gasteiger partial charge in [-0.2, -0.15) is 0 Å². The highest BCUT2D eigenvalue weighted by Gasteiger charge is 2.23.